The third kappa shape index (κ3) is 17.9. The summed E-state index contributed by atoms with van der Waals surface area (Å²) in [6.07, 6.45) is 20.7. The van der Waals surface area contributed by atoms with Crippen LogP contribution >= 0.6 is 0 Å². The van der Waals surface area contributed by atoms with Crippen LogP contribution in [0.1, 0.15) is 102 Å². The van der Waals surface area contributed by atoms with E-state index in [1.807, 2.05) is 0 Å². The average molecular weight is 469 g/mol. The molecule has 33 heavy (non-hydrogen) atoms. The zero-order valence-electron chi connectivity index (χ0n) is 20.9. The van der Waals surface area contributed by atoms with Gasteiger partial charge in [0.25, 0.3) is 0 Å². The van der Waals surface area contributed by atoms with Crippen molar-refractivity contribution in [3.63, 3.8) is 0 Å². The van der Waals surface area contributed by atoms with Crippen molar-refractivity contribution in [3.8, 4) is 5.75 Å². The summed E-state index contributed by atoms with van der Waals surface area (Å²) in [5, 5.41) is 9.28. The Morgan fingerprint density at radius 3 is 1.97 bits per heavy atom. The number of ether oxygens (including phenoxy) is 1. The quantitative estimate of drug-likeness (QED) is 0.0908. The number of rotatable bonds is 18. The maximum absolute atomic E-state index is 12.0. The Kier molecular flexibility index (Phi) is 20.7. The first-order chi connectivity index (χ1) is 15.5. The summed E-state index contributed by atoms with van der Waals surface area (Å²) in [6, 6.07) is 5.56. The predicted octanol–water partition coefficient (Wildman–Crippen LogP) is 5.99. The summed E-state index contributed by atoms with van der Waals surface area (Å²) in [6.45, 7) is 2.25. The van der Waals surface area contributed by atoms with Crippen LogP contribution < -0.4 is 5.73 Å². The van der Waals surface area contributed by atoms with Crippen LogP contribution in [0, 0.1) is 0 Å². The molecule has 0 saturated carbocycles. The monoisotopic (exact) mass is 468 g/mol. The molecule has 1 aromatic rings. The molecule has 0 spiro atoms. The van der Waals surface area contributed by atoms with Crippen LogP contribution in [0.2, 0.25) is 0 Å². The molecule has 0 unspecified atom stereocenters. The van der Waals surface area contributed by atoms with Crippen molar-refractivity contribution >= 4 is 41.5 Å². The number of benzene rings is 1. The first kappa shape index (κ1) is 31.9. The SMILES string of the molecule is CCCCCCCCC=CCCCCCCCC(=O)OC(=O)[C@@H](N)Cc1ccc(O)cc1.[Na]. The molecule has 3 N–H and O–H groups in total. The van der Waals surface area contributed by atoms with Crippen LogP contribution in [0.15, 0.2) is 36.4 Å². The fraction of sp³-hybridized carbons (Fsp3) is 0.630. The molecule has 1 rings (SSSR count). The number of unbranched alkanes of at least 4 members (excludes halogenated alkanes) is 11. The molecule has 0 aliphatic heterocycles. The number of carbonyl (C=O) groups excluding carboxylic acids is 2. The number of hydrogen-bond donors (Lipinski definition) is 2. The summed E-state index contributed by atoms with van der Waals surface area (Å²) in [4.78, 5) is 23.8. The van der Waals surface area contributed by atoms with Crippen molar-refractivity contribution in [2.24, 2.45) is 5.73 Å². The number of aromatic hydroxyl groups is 1. The molecule has 181 valence electrons. The van der Waals surface area contributed by atoms with Gasteiger partial charge in [0.15, 0.2) is 0 Å². The standard InChI is InChI=1S/C27H43NO4.Na/c1-2-3-4-5-6-7-8-9-10-11-12-13-14-15-16-17-26(30)32-27(31)25(28)22-23-18-20-24(29)21-19-23;/h9-10,18-21,25,29H,2-8,11-17,22,28H2,1H3;/t25-;/m0./s1. The molecule has 5 nitrogen and oxygen atoms in total. The fourth-order valence-electron chi connectivity index (χ4n) is 3.55. The number of phenolic OH excluding ortho intramolecular Hbond substituents is 1. The van der Waals surface area contributed by atoms with Gasteiger partial charge in [-0.05, 0) is 56.2 Å². The van der Waals surface area contributed by atoms with Gasteiger partial charge >= 0.3 is 11.9 Å². The van der Waals surface area contributed by atoms with E-state index in [0.717, 1.165) is 37.7 Å². The second-order valence-electron chi connectivity index (χ2n) is 8.60. The molecule has 0 heterocycles. The third-order valence-corrected chi connectivity index (χ3v) is 5.55. The molecule has 1 atom stereocenters. The predicted molar refractivity (Wildman–Crippen MR) is 136 cm³/mol. The van der Waals surface area contributed by atoms with Crippen molar-refractivity contribution in [1.29, 1.82) is 0 Å². The maximum atomic E-state index is 12.0. The Bertz CT molecular complexity index is 661. The zero-order chi connectivity index (χ0) is 23.4. The van der Waals surface area contributed by atoms with Gasteiger partial charge in [0, 0.05) is 36.0 Å². The number of phenols is 1. The van der Waals surface area contributed by atoms with Crippen LogP contribution in [0.3, 0.4) is 0 Å². The van der Waals surface area contributed by atoms with Crippen LogP contribution in [0.4, 0.5) is 0 Å². The van der Waals surface area contributed by atoms with Gasteiger partial charge in [-0.15, -0.1) is 0 Å². The molecule has 0 aromatic heterocycles. The second-order valence-corrected chi connectivity index (χ2v) is 8.60. The number of allylic oxidation sites excluding steroid dienone is 2. The number of nitrogens with two attached hydrogens (primary N) is 1. The largest absolute Gasteiger partial charge is 0.508 e. The molecule has 1 aromatic carbocycles. The third-order valence-electron chi connectivity index (χ3n) is 5.55. The van der Waals surface area contributed by atoms with Gasteiger partial charge in [0.05, 0.1) is 0 Å². The van der Waals surface area contributed by atoms with Crippen molar-refractivity contribution < 1.29 is 19.4 Å². The molecule has 0 fully saturated rings. The molecule has 6 heteroatoms. The Morgan fingerprint density at radius 2 is 1.39 bits per heavy atom. The molecular formula is C27H43NNaO4. The first-order valence-electron chi connectivity index (χ1n) is 12.5. The Balaban J connectivity index is 0.0000102. The molecule has 0 aliphatic carbocycles. The van der Waals surface area contributed by atoms with Crippen LogP contribution in [0.5, 0.6) is 5.75 Å². The zero-order valence-corrected chi connectivity index (χ0v) is 22.9. The molecular weight excluding hydrogens is 425 g/mol. The van der Waals surface area contributed by atoms with Crippen LogP contribution in [-0.4, -0.2) is 52.6 Å². The fourth-order valence-corrected chi connectivity index (χ4v) is 3.55. The van der Waals surface area contributed by atoms with Gasteiger partial charge in [-0.3, -0.25) is 4.79 Å². The summed E-state index contributed by atoms with van der Waals surface area (Å²) >= 11 is 0. The van der Waals surface area contributed by atoms with Gasteiger partial charge in [0.1, 0.15) is 11.8 Å². The van der Waals surface area contributed by atoms with Gasteiger partial charge in [-0.1, -0.05) is 82.6 Å². The molecule has 0 aliphatic rings. The Morgan fingerprint density at radius 1 is 0.879 bits per heavy atom. The maximum Gasteiger partial charge on any atom is 0.330 e. The molecule has 0 amide bonds. The van der Waals surface area contributed by atoms with Crippen LogP contribution in [0.25, 0.3) is 0 Å². The normalized spacial score (nSPS) is 11.8. The number of hydrogen-bond acceptors (Lipinski definition) is 5. The number of carbonyl (C=O) groups is 2. The summed E-state index contributed by atoms with van der Waals surface area (Å²) < 4.78 is 4.87. The summed E-state index contributed by atoms with van der Waals surface area (Å²) in [7, 11) is 0. The topological polar surface area (TPSA) is 89.6 Å². The average Bonchev–Trinajstić information content (AvgIpc) is 2.77. The smallest absolute Gasteiger partial charge is 0.330 e. The van der Waals surface area contributed by atoms with E-state index in [2.05, 4.69) is 19.1 Å². The van der Waals surface area contributed by atoms with E-state index in [4.69, 9.17) is 10.5 Å². The van der Waals surface area contributed by atoms with E-state index in [-0.39, 0.29) is 48.1 Å². The Labute approximate surface area is 222 Å². The minimum absolute atomic E-state index is 0. The summed E-state index contributed by atoms with van der Waals surface area (Å²) in [5.74, 6) is -1.05. The van der Waals surface area contributed by atoms with E-state index < -0.39 is 18.0 Å². The van der Waals surface area contributed by atoms with E-state index >= 15 is 0 Å². The summed E-state index contributed by atoms with van der Waals surface area (Å²) in [5.41, 5.74) is 6.63. The minimum Gasteiger partial charge on any atom is -0.508 e. The van der Waals surface area contributed by atoms with Gasteiger partial charge in [0.2, 0.25) is 0 Å². The molecule has 1 radical (unpaired) electrons. The van der Waals surface area contributed by atoms with Gasteiger partial charge < -0.3 is 15.6 Å². The van der Waals surface area contributed by atoms with Gasteiger partial charge in [-0.2, -0.15) is 0 Å². The van der Waals surface area contributed by atoms with Crippen molar-refractivity contribution in [3.05, 3.63) is 42.0 Å². The molecule has 0 bridgehead atoms. The van der Waals surface area contributed by atoms with E-state index in [1.54, 1.807) is 12.1 Å². The minimum atomic E-state index is -0.891. The first-order valence-corrected chi connectivity index (χ1v) is 12.5. The van der Waals surface area contributed by atoms with E-state index in [9.17, 15) is 14.7 Å². The van der Waals surface area contributed by atoms with Crippen molar-refractivity contribution in [2.45, 2.75) is 109 Å². The van der Waals surface area contributed by atoms with E-state index in [1.165, 1.54) is 63.5 Å². The van der Waals surface area contributed by atoms with Gasteiger partial charge in [-0.25, -0.2) is 4.79 Å². The van der Waals surface area contributed by atoms with E-state index in [0.29, 0.717) is 0 Å². The Hall–Kier alpha value is -1.14. The second kappa shape index (κ2) is 21.4. The molecule has 0 saturated heterocycles. The number of esters is 2. The van der Waals surface area contributed by atoms with Crippen LogP contribution in [-0.2, 0) is 20.7 Å². The van der Waals surface area contributed by atoms with Crippen molar-refractivity contribution in [1.82, 2.24) is 0 Å². The van der Waals surface area contributed by atoms with Crippen molar-refractivity contribution in [2.75, 3.05) is 0 Å².